The van der Waals surface area contributed by atoms with Crippen molar-refractivity contribution in [1.29, 1.82) is 0 Å². The number of furan rings is 2. The fourth-order valence-electron chi connectivity index (χ4n) is 8.96. The van der Waals surface area contributed by atoms with E-state index in [2.05, 4.69) is 180 Å². The summed E-state index contributed by atoms with van der Waals surface area (Å²) >= 11 is 0. The molecule has 0 fully saturated rings. The van der Waals surface area contributed by atoms with E-state index >= 15 is 0 Å². The second-order valence-corrected chi connectivity index (χ2v) is 15.2. The molecule has 0 bridgehead atoms. The first-order chi connectivity index (χ1) is 29.2. The maximum Gasteiger partial charge on any atom is 0.159 e. The normalized spacial score (nSPS) is 13.7. The first-order valence-electron chi connectivity index (χ1n) is 20.0. The lowest BCUT2D eigenvalue weighted by molar-refractivity contribution is 0.668. The third-order valence-electron chi connectivity index (χ3n) is 11.7. The van der Waals surface area contributed by atoms with Crippen LogP contribution in [0.15, 0.2) is 209 Å². The Morgan fingerprint density at radius 3 is 1.59 bits per heavy atom. The van der Waals surface area contributed by atoms with Gasteiger partial charge in [-0.3, -0.25) is 4.90 Å². The summed E-state index contributed by atoms with van der Waals surface area (Å²) in [6.07, 6.45) is 1.66. The smallest absolute Gasteiger partial charge is 0.159 e. The maximum atomic E-state index is 6.26. The molecular weight excluding hydrogens is 723 g/mol. The monoisotopic (exact) mass is 757 g/mol. The third kappa shape index (κ3) is 5.51. The van der Waals surface area contributed by atoms with E-state index in [4.69, 9.17) is 13.8 Å². The number of nitrogens with zero attached hydrogens (tertiary/aromatic N) is 2. The van der Waals surface area contributed by atoms with Gasteiger partial charge in [0.05, 0.1) is 5.69 Å². The van der Waals surface area contributed by atoms with Gasteiger partial charge in [0.1, 0.15) is 28.5 Å². The van der Waals surface area contributed by atoms with Gasteiger partial charge in [-0.05, 0) is 117 Å². The van der Waals surface area contributed by atoms with E-state index in [1.54, 1.807) is 0 Å². The molecule has 1 atom stereocenters. The van der Waals surface area contributed by atoms with Crippen LogP contribution in [0.25, 0.3) is 88.4 Å². The first-order valence-corrected chi connectivity index (χ1v) is 20.0. The van der Waals surface area contributed by atoms with Crippen molar-refractivity contribution in [2.75, 3.05) is 10.2 Å². The van der Waals surface area contributed by atoms with Gasteiger partial charge in [0.25, 0.3) is 0 Å². The highest BCUT2D eigenvalue weighted by Gasteiger charge is 2.35. The molecule has 5 heteroatoms. The van der Waals surface area contributed by atoms with Gasteiger partial charge >= 0.3 is 0 Å². The van der Waals surface area contributed by atoms with E-state index in [1.807, 2.05) is 30.5 Å². The lowest BCUT2D eigenvalue weighted by Gasteiger charge is -2.27. The average Bonchev–Trinajstić information content (AvgIpc) is 4.01. The molecule has 11 aromatic rings. The van der Waals surface area contributed by atoms with Gasteiger partial charge in [0.15, 0.2) is 5.82 Å². The van der Waals surface area contributed by atoms with Crippen molar-refractivity contribution in [2.45, 2.75) is 6.17 Å². The minimum absolute atomic E-state index is 0.277. The van der Waals surface area contributed by atoms with Crippen LogP contribution in [0.1, 0.15) is 11.7 Å². The lowest BCUT2D eigenvalue weighted by atomic mass is 9.93. The summed E-state index contributed by atoms with van der Waals surface area (Å²) in [4.78, 5) is 7.44. The highest BCUT2D eigenvalue weighted by Crippen LogP contribution is 2.51. The minimum atomic E-state index is -0.277. The molecule has 278 valence electrons. The molecule has 1 N–H and O–H groups in total. The summed E-state index contributed by atoms with van der Waals surface area (Å²) in [5.74, 6) is 0.881. The number of hydrogen-bond acceptors (Lipinski definition) is 5. The quantitative estimate of drug-likeness (QED) is 0.183. The summed E-state index contributed by atoms with van der Waals surface area (Å²) in [5.41, 5.74) is 15.7. The molecule has 1 unspecified atom stereocenters. The lowest BCUT2D eigenvalue weighted by Crippen LogP contribution is -2.24. The molecule has 1 aliphatic heterocycles. The van der Waals surface area contributed by atoms with Crippen molar-refractivity contribution in [3.05, 3.63) is 206 Å². The Kier molecular flexibility index (Phi) is 7.53. The maximum absolute atomic E-state index is 6.26. The number of rotatable bonds is 6. The number of benzene rings is 8. The first kappa shape index (κ1) is 33.3. The second-order valence-electron chi connectivity index (χ2n) is 15.2. The number of pyridine rings is 1. The fourth-order valence-corrected chi connectivity index (χ4v) is 8.96. The predicted octanol–water partition coefficient (Wildman–Crippen LogP) is 14.8. The molecule has 5 nitrogen and oxygen atoms in total. The minimum Gasteiger partial charge on any atom is -0.456 e. The number of fused-ring (bicyclic) bond motifs is 7. The molecule has 8 aromatic carbocycles. The topological polar surface area (TPSA) is 54.4 Å². The van der Waals surface area contributed by atoms with Gasteiger partial charge in [0.2, 0.25) is 0 Å². The Bertz CT molecular complexity index is 3250. The molecule has 4 heterocycles. The van der Waals surface area contributed by atoms with E-state index < -0.39 is 0 Å². The Hall–Kier alpha value is -7.89. The Morgan fingerprint density at radius 1 is 0.407 bits per heavy atom. The van der Waals surface area contributed by atoms with Crippen molar-refractivity contribution >= 4 is 61.1 Å². The summed E-state index contributed by atoms with van der Waals surface area (Å²) in [5, 5.41) is 8.44. The summed E-state index contributed by atoms with van der Waals surface area (Å²) in [7, 11) is 0. The van der Waals surface area contributed by atoms with Crippen molar-refractivity contribution in [2.24, 2.45) is 0 Å². The highest BCUT2D eigenvalue weighted by molar-refractivity contribution is 6.08. The van der Waals surface area contributed by atoms with E-state index in [-0.39, 0.29) is 6.17 Å². The second kappa shape index (κ2) is 13.4. The highest BCUT2D eigenvalue weighted by atomic mass is 16.3. The standard InChI is InChI=1S/C54H35N3O2/c1-3-13-34(14-4-1)41-17-7-8-18-42(41)45-27-28-55-54-52(45)56-53(57(54)40-15-5-2-6-16-40)39-30-37(35-23-25-50-46(32-35)43-19-9-11-21-48(43)58-50)29-38(31-39)36-24-26-51-47(33-36)44-20-10-12-22-49(44)59-51/h1-33,53,56H. The summed E-state index contributed by atoms with van der Waals surface area (Å²) < 4.78 is 12.5. The van der Waals surface area contributed by atoms with Crippen LogP contribution < -0.4 is 10.2 Å². The zero-order valence-electron chi connectivity index (χ0n) is 31.8. The zero-order valence-corrected chi connectivity index (χ0v) is 31.8. The van der Waals surface area contributed by atoms with Crippen LogP contribution in [0.3, 0.4) is 0 Å². The Balaban J connectivity index is 1.07. The van der Waals surface area contributed by atoms with Crippen molar-refractivity contribution < 1.29 is 8.83 Å². The molecule has 0 aliphatic carbocycles. The molecular formula is C54H35N3O2. The fraction of sp³-hybridized carbons (Fsp3) is 0.0185. The molecule has 0 amide bonds. The van der Waals surface area contributed by atoms with Crippen LogP contribution >= 0.6 is 0 Å². The largest absolute Gasteiger partial charge is 0.456 e. The molecule has 59 heavy (non-hydrogen) atoms. The van der Waals surface area contributed by atoms with Crippen molar-refractivity contribution in [3.8, 4) is 44.5 Å². The molecule has 0 spiro atoms. The van der Waals surface area contributed by atoms with Gasteiger partial charge in [-0.15, -0.1) is 0 Å². The molecule has 12 rings (SSSR count). The molecule has 0 saturated carbocycles. The van der Waals surface area contributed by atoms with E-state index in [0.717, 1.165) is 100 Å². The van der Waals surface area contributed by atoms with Crippen LogP contribution in [-0.4, -0.2) is 4.98 Å². The van der Waals surface area contributed by atoms with Gasteiger partial charge in [-0.1, -0.05) is 121 Å². The Labute approximate surface area is 340 Å². The van der Waals surface area contributed by atoms with Gasteiger partial charge in [0, 0.05) is 39.0 Å². The van der Waals surface area contributed by atoms with E-state index in [9.17, 15) is 0 Å². The van der Waals surface area contributed by atoms with Crippen molar-refractivity contribution in [1.82, 2.24) is 4.98 Å². The SMILES string of the molecule is c1ccc(-c2ccccc2-c2ccnc3c2NC(c2cc(-c4ccc5oc6ccccc6c5c4)cc(-c4ccc5oc6ccccc6c5c4)c2)N3c2ccccc2)cc1. The van der Waals surface area contributed by atoms with Crippen LogP contribution in [0, 0.1) is 0 Å². The van der Waals surface area contributed by atoms with Crippen LogP contribution in [0.2, 0.25) is 0 Å². The van der Waals surface area contributed by atoms with Crippen molar-refractivity contribution in [3.63, 3.8) is 0 Å². The predicted molar refractivity (Wildman–Crippen MR) is 242 cm³/mol. The van der Waals surface area contributed by atoms with Gasteiger partial charge in [-0.25, -0.2) is 4.98 Å². The van der Waals surface area contributed by atoms with Crippen LogP contribution in [0.5, 0.6) is 0 Å². The van der Waals surface area contributed by atoms with Gasteiger partial charge < -0.3 is 14.2 Å². The number of aromatic nitrogens is 1. The molecule has 0 saturated heterocycles. The third-order valence-corrected chi connectivity index (χ3v) is 11.7. The molecule has 3 aromatic heterocycles. The number of nitrogens with one attached hydrogen (secondary N) is 1. The van der Waals surface area contributed by atoms with E-state index in [0.29, 0.717) is 0 Å². The van der Waals surface area contributed by atoms with Crippen LogP contribution in [-0.2, 0) is 0 Å². The molecule has 0 radical (unpaired) electrons. The van der Waals surface area contributed by atoms with Gasteiger partial charge in [-0.2, -0.15) is 0 Å². The van der Waals surface area contributed by atoms with E-state index in [1.165, 1.54) is 11.1 Å². The summed E-state index contributed by atoms with van der Waals surface area (Å²) in [6, 6.07) is 68.5. The average molecular weight is 758 g/mol. The zero-order chi connectivity index (χ0) is 38.9. The number of anilines is 3. The molecule has 1 aliphatic rings. The van der Waals surface area contributed by atoms with Crippen LogP contribution in [0.4, 0.5) is 17.2 Å². The number of para-hydroxylation sites is 3. The Morgan fingerprint density at radius 2 is 0.949 bits per heavy atom. The number of hydrogen-bond donors (Lipinski definition) is 1. The summed E-state index contributed by atoms with van der Waals surface area (Å²) in [6.45, 7) is 0.